The first kappa shape index (κ1) is 15.2. The highest BCUT2D eigenvalue weighted by Crippen LogP contribution is 1.94. The van der Waals surface area contributed by atoms with E-state index >= 15 is 0 Å². The van der Waals surface area contributed by atoms with Gasteiger partial charge in [0.15, 0.2) is 0 Å². The summed E-state index contributed by atoms with van der Waals surface area (Å²) in [4.78, 5) is 32.5. The molecule has 17 heavy (non-hydrogen) atoms. The monoisotopic (exact) mass is 242 g/mol. The Balaban J connectivity index is 3.58. The van der Waals surface area contributed by atoms with Crippen LogP contribution < -0.4 is 10.6 Å². The molecule has 0 aliphatic carbocycles. The predicted octanol–water partition coefficient (Wildman–Crippen LogP) is 1.03. The highest BCUT2D eigenvalue weighted by molar-refractivity contribution is 5.94. The van der Waals surface area contributed by atoms with Crippen molar-refractivity contribution in [3.8, 4) is 0 Å². The van der Waals surface area contributed by atoms with Gasteiger partial charge in [-0.2, -0.15) is 0 Å². The maximum atomic E-state index is 11.1. The molecule has 0 aromatic heterocycles. The zero-order chi connectivity index (χ0) is 13.1. The molecule has 6 heteroatoms. The molecule has 0 radical (unpaired) electrons. The molecule has 96 valence electrons. The smallest absolute Gasteiger partial charge is 0.321 e. The van der Waals surface area contributed by atoms with E-state index in [1.54, 1.807) is 0 Å². The molecule has 0 aromatic rings. The highest BCUT2D eigenvalue weighted by atomic mass is 16.4. The van der Waals surface area contributed by atoms with Crippen LogP contribution in [0.4, 0.5) is 4.79 Å². The second-order valence-electron chi connectivity index (χ2n) is 3.41. The Morgan fingerprint density at radius 1 is 1.24 bits per heavy atom. The number of nitrogens with one attached hydrogen (secondary N) is 2. The first-order chi connectivity index (χ1) is 8.06. The van der Waals surface area contributed by atoms with Crippen LogP contribution in [0.25, 0.3) is 0 Å². The Labute approximate surface area is 100 Å². The fourth-order valence-corrected chi connectivity index (χ4v) is 1.07. The minimum absolute atomic E-state index is 0.0363. The first-order valence-corrected chi connectivity index (χ1v) is 5.47. The number of urea groups is 1. The standard InChI is InChI=1S/C11H18N2O4/c1-2-3-4-8-12-11(17)13-9(14)6-5-7-10(15)16/h2-3H,4-8H2,1H3,(H,15,16)(H2,12,13,14,17)/b3-2+. The van der Waals surface area contributed by atoms with E-state index in [2.05, 4.69) is 10.6 Å². The van der Waals surface area contributed by atoms with Crippen molar-refractivity contribution in [3.05, 3.63) is 12.2 Å². The van der Waals surface area contributed by atoms with Crippen LogP contribution in [0, 0.1) is 0 Å². The van der Waals surface area contributed by atoms with Crippen LogP contribution in [-0.4, -0.2) is 29.6 Å². The van der Waals surface area contributed by atoms with Crippen LogP contribution in [0.2, 0.25) is 0 Å². The summed E-state index contributed by atoms with van der Waals surface area (Å²) in [6.07, 6.45) is 4.67. The van der Waals surface area contributed by atoms with Gasteiger partial charge < -0.3 is 10.4 Å². The molecule has 0 atom stereocenters. The average molecular weight is 242 g/mol. The molecular weight excluding hydrogens is 224 g/mol. The zero-order valence-corrected chi connectivity index (χ0v) is 9.86. The second-order valence-corrected chi connectivity index (χ2v) is 3.41. The number of rotatable bonds is 7. The molecule has 0 fully saturated rings. The van der Waals surface area contributed by atoms with Gasteiger partial charge in [0.25, 0.3) is 0 Å². The summed E-state index contributed by atoms with van der Waals surface area (Å²) in [7, 11) is 0. The lowest BCUT2D eigenvalue weighted by Crippen LogP contribution is -2.39. The number of aliphatic carboxylic acids is 1. The van der Waals surface area contributed by atoms with Gasteiger partial charge >= 0.3 is 12.0 Å². The van der Waals surface area contributed by atoms with Crippen molar-refractivity contribution >= 4 is 17.9 Å². The fraction of sp³-hybridized carbons (Fsp3) is 0.545. The van der Waals surface area contributed by atoms with Gasteiger partial charge in [0.1, 0.15) is 0 Å². The van der Waals surface area contributed by atoms with Crippen LogP contribution in [0.1, 0.15) is 32.6 Å². The van der Waals surface area contributed by atoms with Crippen molar-refractivity contribution in [1.82, 2.24) is 10.6 Å². The summed E-state index contributed by atoms with van der Waals surface area (Å²) in [5.41, 5.74) is 0. The molecule has 0 spiro atoms. The van der Waals surface area contributed by atoms with Gasteiger partial charge in [0.2, 0.25) is 5.91 Å². The number of carbonyl (C=O) groups excluding carboxylic acids is 2. The Kier molecular flexibility index (Phi) is 8.36. The van der Waals surface area contributed by atoms with Gasteiger partial charge in [0, 0.05) is 19.4 Å². The quantitative estimate of drug-likeness (QED) is 0.459. The number of hydrogen-bond acceptors (Lipinski definition) is 3. The second kappa shape index (κ2) is 9.38. The van der Waals surface area contributed by atoms with Crippen molar-refractivity contribution in [2.75, 3.05) is 6.54 Å². The molecule has 3 amide bonds. The van der Waals surface area contributed by atoms with Gasteiger partial charge in [-0.15, -0.1) is 0 Å². The molecule has 0 saturated heterocycles. The summed E-state index contributed by atoms with van der Waals surface area (Å²) < 4.78 is 0. The number of carboxylic acid groups (broad SMARTS) is 1. The molecular formula is C11H18N2O4. The zero-order valence-electron chi connectivity index (χ0n) is 9.86. The van der Waals surface area contributed by atoms with Gasteiger partial charge in [-0.1, -0.05) is 12.2 Å². The van der Waals surface area contributed by atoms with Crippen LogP contribution in [0.3, 0.4) is 0 Å². The number of amides is 3. The third kappa shape index (κ3) is 10.4. The van der Waals surface area contributed by atoms with E-state index in [0.717, 1.165) is 0 Å². The lowest BCUT2D eigenvalue weighted by atomic mass is 10.2. The summed E-state index contributed by atoms with van der Waals surface area (Å²) >= 11 is 0. The summed E-state index contributed by atoms with van der Waals surface area (Å²) in [6, 6.07) is -0.546. The number of carbonyl (C=O) groups is 3. The Hall–Kier alpha value is -1.85. The van der Waals surface area contributed by atoms with Gasteiger partial charge in [-0.05, 0) is 19.8 Å². The highest BCUT2D eigenvalue weighted by Gasteiger charge is 2.07. The topological polar surface area (TPSA) is 95.5 Å². The lowest BCUT2D eigenvalue weighted by molar-refractivity contribution is -0.137. The number of imide groups is 1. The molecule has 0 aliphatic rings. The predicted molar refractivity (Wildman–Crippen MR) is 62.5 cm³/mol. The minimum Gasteiger partial charge on any atom is -0.481 e. The maximum absolute atomic E-state index is 11.1. The van der Waals surface area contributed by atoms with E-state index in [0.29, 0.717) is 13.0 Å². The molecule has 3 N–H and O–H groups in total. The third-order valence-electron chi connectivity index (χ3n) is 1.88. The van der Waals surface area contributed by atoms with Crippen LogP contribution in [0.5, 0.6) is 0 Å². The molecule has 0 bridgehead atoms. The largest absolute Gasteiger partial charge is 0.481 e. The lowest BCUT2D eigenvalue weighted by Gasteiger charge is -2.04. The average Bonchev–Trinajstić information content (AvgIpc) is 2.23. The van der Waals surface area contributed by atoms with E-state index in [9.17, 15) is 14.4 Å². The molecule has 0 rings (SSSR count). The van der Waals surface area contributed by atoms with Gasteiger partial charge in [-0.3, -0.25) is 14.9 Å². The van der Waals surface area contributed by atoms with Crippen molar-refractivity contribution in [2.24, 2.45) is 0 Å². The van der Waals surface area contributed by atoms with Crippen LogP contribution in [0.15, 0.2) is 12.2 Å². The molecule has 6 nitrogen and oxygen atoms in total. The molecule has 0 saturated carbocycles. The number of hydrogen-bond donors (Lipinski definition) is 3. The van der Waals surface area contributed by atoms with E-state index < -0.39 is 17.9 Å². The Morgan fingerprint density at radius 2 is 1.94 bits per heavy atom. The van der Waals surface area contributed by atoms with Gasteiger partial charge in [0.05, 0.1) is 0 Å². The first-order valence-electron chi connectivity index (χ1n) is 5.47. The molecule has 0 heterocycles. The Bertz CT molecular complexity index is 300. The van der Waals surface area contributed by atoms with Crippen LogP contribution in [-0.2, 0) is 9.59 Å². The van der Waals surface area contributed by atoms with E-state index in [1.165, 1.54) is 0 Å². The summed E-state index contributed by atoms with van der Waals surface area (Å²) in [5, 5.41) is 13.0. The molecule has 0 aliphatic heterocycles. The van der Waals surface area contributed by atoms with Crippen molar-refractivity contribution in [3.63, 3.8) is 0 Å². The van der Waals surface area contributed by atoms with Crippen molar-refractivity contribution < 1.29 is 19.5 Å². The van der Waals surface area contributed by atoms with E-state index in [4.69, 9.17) is 5.11 Å². The van der Waals surface area contributed by atoms with Crippen molar-refractivity contribution in [1.29, 1.82) is 0 Å². The maximum Gasteiger partial charge on any atom is 0.321 e. The number of allylic oxidation sites excluding steroid dienone is 1. The van der Waals surface area contributed by atoms with Crippen molar-refractivity contribution in [2.45, 2.75) is 32.6 Å². The third-order valence-corrected chi connectivity index (χ3v) is 1.88. The van der Waals surface area contributed by atoms with E-state index in [-0.39, 0.29) is 19.3 Å². The SMILES string of the molecule is C/C=C/CCNC(=O)NC(=O)CCCC(=O)O. The summed E-state index contributed by atoms with van der Waals surface area (Å²) in [5.74, 6) is -1.41. The normalized spacial score (nSPS) is 10.2. The van der Waals surface area contributed by atoms with Gasteiger partial charge in [-0.25, -0.2) is 4.79 Å². The molecule has 0 aromatic carbocycles. The van der Waals surface area contributed by atoms with Crippen LogP contribution >= 0.6 is 0 Å². The number of carboxylic acids is 1. The van der Waals surface area contributed by atoms with E-state index in [1.807, 2.05) is 19.1 Å². The molecule has 0 unspecified atom stereocenters. The minimum atomic E-state index is -0.950. The summed E-state index contributed by atoms with van der Waals surface area (Å²) in [6.45, 7) is 2.34. The fourth-order valence-electron chi connectivity index (χ4n) is 1.07. The Morgan fingerprint density at radius 3 is 2.53 bits per heavy atom.